The Labute approximate surface area is 232 Å². The number of benzene rings is 2. The number of rotatable bonds is 10. The fourth-order valence-corrected chi connectivity index (χ4v) is 5.34. The topological polar surface area (TPSA) is 145 Å². The van der Waals surface area contributed by atoms with Crippen LogP contribution < -0.4 is 15.4 Å². The quantitative estimate of drug-likeness (QED) is 0.347. The van der Waals surface area contributed by atoms with Gasteiger partial charge in [0.15, 0.2) is 12.7 Å². The summed E-state index contributed by atoms with van der Waals surface area (Å²) in [5, 5.41) is 26.2. The number of carbonyl (C=O) groups is 4. The zero-order valence-corrected chi connectivity index (χ0v) is 23.3. The molecule has 210 valence electrons. The number of para-hydroxylation sites is 1. The molecule has 1 aliphatic heterocycles. The number of amides is 3. The highest BCUT2D eigenvalue weighted by molar-refractivity contribution is 7.99. The average Bonchev–Trinajstić information content (AvgIpc) is 3.36. The van der Waals surface area contributed by atoms with Crippen LogP contribution >= 0.6 is 11.8 Å². The molecule has 4 N–H and O–H groups in total. The molecule has 0 bridgehead atoms. The van der Waals surface area contributed by atoms with E-state index >= 15 is 0 Å². The number of carboxylic acids is 1. The Balaban J connectivity index is 1.76. The van der Waals surface area contributed by atoms with Crippen molar-refractivity contribution in [1.82, 2.24) is 15.5 Å². The first-order valence-corrected chi connectivity index (χ1v) is 13.7. The summed E-state index contributed by atoms with van der Waals surface area (Å²) in [6, 6.07) is 11.9. The Morgan fingerprint density at radius 2 is 1.79 bits per heavy atom. The summed E-state index contributed by atoms with van der Waals surface area (Å²) in [5.41, 5.74) is 0.759. The first-order valence-electron chi connectivity index (χ1n) is 12.5. The molecule has 3 amide bonds. The number of carboxylic acid groups (broad SMARTS) is 1. The number of hydrogen-bond donors (Lipinski definition) is 4. The molecule has 0 aliphatic carbocycles. The zero-order valence-electron chi connectivity index (χ0n) is 22.5. The number of thioether (sulfide) groups is 1. The molecule has 39 heavy (non-hydrogen) atoms. The number of nitrogens with zero attached hydrogens (tertiary/aromatic N) is 1. The van der Waals surface area contributed by atoms with Crippen molar-refractivity contribution in [2.75, 3.05) is 18.2 Å². The highest BCUT2D eigenvalue weighted by atomic mass is 32.2. The molecule has 1 aliphatic rings. The van der Waals surface area contributed by atoms with Crippen LogP contribution in [0.25, 0.3) is 0 Å². The van der Waals surface area contributed by atoms with Crippen LogP contribution in [-0.2, 0) is 20.8 Å². The van der Waals surface area contributed by atoms with E-state index in [1.165, 1.54) is 22.7 Å². The van der Waals surface area contributed by atoms with E-state index in [-0.39, 0.29) is 29.5 Å². The second kappa shape index (κ2) is 13.0. The number of carbonyl (C=O) groups excluding carboxylic acids is 3. The Hall–Kier alpha value is -3.57. The van der Waals surface area contributed by atoms with E-state index in [9.17, 15) is 29.4 Å². The van der Waals surface area contributed by atoms with Crippen LogP contribution in [0.4, 0.5) is 0 Å². The smallest absolute Gasteiger partial charge is 0.339 e. The minimum atomic E-state index is -1.63. The monoisotopic (exact) mass is 557 g/mol. The Morgan fingerprint density at radius 3 is 2.44 bits per heavy atom. The second-order valence-corrected chi connectivity index (χ2v) is 11.4. The van der Waals surface area contributed by atoms with Crippen LogP contribution in [0.5, 0.6) is 5.75 Å². The summed E-state index contributed by atoms with van der Waals surface area (Å²) < 4.78 is 5.55. The molecule has 1 heterocycles. The number of nitrogens with one attached hydrogen (secondary N) is 2. The lowest BCUT2D eigenvalue weighted by molar-refractivity contribution is -0.147. The highest BCUT2D eigenvalue weighted by Gasteiger charge is 2.40. The van der Waals surface area contributed by atoms with E-state index in [0.717, 1.165) is 5.56 Å². The van der Waals surface area contributed by atoms with Crippen molar-refractivity contribution in [2.24, 2.45) is 0 Å². The van der Waals surface area contributed by atoms with Crippen molar-refractivity contribution in [1.29, 1.82) is 0 Å². The summed E-state index contributed by atoms with van der Waals surface area (Å²) in [5.74, 6) is -2.10. The normalized spacial score (nSPS) is 16.7. The van der Waals surface area contributed by atoms with Crippen molar-refractivity contribution in [3.8, 4) is 5.75 Å². The van der Waals surface area contributed by atoms with Gasteiger partial charge in [-0.1, -0.05) is 42.5 Å². The Bertz CT molecular complexity index is 1200. The predicted molar refractivity (Wildman–Crippen MR) is 148 cm³/mol. The number of aliphatic hydroxyl groups excluding tert-OH is 1. The van der Waals surface area contributed by atoms with Gasteiger partial charge in [0.05, 0.1) is 11.9 Å². The van der Waals surface area contributed by atoms with E-state index in [1.807, 2.05) is 39.0 Å². The minimum Gasteiger partial charge on any atom is -0.483 e. The van der Waals surface area contributed by atoms with Gasteiger partial charge in [-0.05, 0) is 51.3 Å². The molecule has 0 saturated carbocycles. The molecule has 3 atom stereocenters. The summed E-state index contributed by atoms with van der Waals surface area (Å²) in [6.07, 6.45) is -1.49. The molecular formula is C28H35N3O7S. The van der Waals surface area contributed by atoms with E-state index in [2.05, 4.69) is 10.6 Å². The summed E-state index contributed by atoms with van der Waals surface area (Å²) >= 11 is 1.41. The third-order valence-corrected chi connectivity index (χ3v) is 7.05. The SMILES string of the molecule is Cc1cccc(C(=O)O)c1OCC(=O)N[C@@H](Cc1ccccc1)[C@H](O)C(=O)N1CSC[C@H]1C(=O)NC(C)(C)C. The summed E-state index contributed by atoms with van der Waals surface area (Å²) in [4.78, 5) is 52.0. The Kier molecular flexibility index (Phi) is 9.98. The van der Waals surface area contributed by atoms with Gasteiger partial charge >= 0.3 is 5.97 Å². The van der Waals surface area contributed by atoms with Crippen molar-refractivity contribution in [3.63, 3.8) is 0 Å². The molecule has 0 aromatic heterocycles. The van der Waals surface area contributed by atoms with Gasteiger partial charge in [-0.3, -0.25) is 14.4 Å². The molecule has 3 rings (SSSR count). The van der Waals surface area contributed by atoms with E-state index in [0.29, 0.717) is 11.3 Å². The van der Waals surface area contributed by atoms with Crippen LogP contribution in [0.15, 0.2) is 48.5 Å². The largest absolute Gasteiger partial charge is 0.483 e. The lowest BCUT2D eigenvalue weighted by Gasteiger charge is -2.31. The van der Waals surface area contributed by atoms with Gasteiger partial charge in [0.2, 0.25) is 5.91 Å². The molecule has 1 saturated heterocycles. The molecule has 0 unspecified atom stereocenters. The van der Waals surface area contributed by atoms with Crippen LogP contribution in [0.1, 0.15) is 42.3 Å². The molecule has 1 fully saturated rings. The summed E-state index contributed by atoms with van der Waals surface area (Å²) in [6.45, 7) is 6.68. The number of aryl methyl sites for hydroxylation is 1. The maximum atomic E-state index is 13.4. The van der Waals surface area contributed by atoms with Crippen LogP contribution in [0, 0.1) is 6.92 Å². The molecule has 2 aromatic rings. The number of ether oxygens (including phenoxy) is 1. The first kappa shape index (κ1) is 30.0. The molecule has 0 spiro atoms. The predicted octanol–water partition coefficient (Wildman–Crippen LogP) is 1.98. The van der Waals surface area contributed by atoms with Gasteiger partial charge in [0, 0.05) is 11.3 Å². The lowest BCUT2D eigenvalue weighted by atomic mass is 9.99. The summed E-state index contributed by atoms with van der Waals surface area (Å²) in [7, 11) is 0. The van der Waals surface area contributed by atoms with Crippen molar-refractivity contribution < 1.29 is 34.1 Å². The molecule has 2 aromatic carbocycles. The molecule has 10 nitrogen and oxygen atoms in total. The van der Waals surface area contributed by atoms with Crippen molar-refractivity contribution in [2.45, 2.75) is 57.8 Å². The van der Waals surface area contributed by atoms with Crippen LogP contribution in [-0.4, -0.2) is 80.8 Å². The van der Waals surface area contributed by atoms with E-state index in [1.54, 1.807) is 31.2 Å². The average molecular weight is 558 g/mol. The fraction of sp³-hybridized carbons (Fsp3) is 0.429. The number of hydrogen-bond acceptors (Lipinski definition) is 7. The van der Waals surface area contributed by atoms with Gasteiger partial charge in [-0.2, -0.15) is 0 Å². The number of aromatic carboxylic acids is 1. The van der Waals surface area contributed by atoms with Crippen molar-refractivity contribution >= 4 is 35.5 Å². The highest BCUT2D eigenvalue weighted by Crippen LogP contribution is 2.25. The van der Waals surface area contributed by atoms with E-state index < -0.39 is 48.1 Å². The van der Waals surface area contributed by atoms with Crippen molar-refractivity contribution in [3.05, 3.63) is 65.2 Å². The third kappa shape index (κ3) is 8.21. The number of aliphatic hydroxyl groups is 1. The maximum Gasteiger partial charge on any atom is 0.339 e. The fourth-order valence-electron chi connectivity index (χ4n) is 4.18. The van der Waals surface area contributed by atoms with Gasteiger partial charge in [-0.15, -0.1) is 11.8 Å². The molecular weight excluding hydrogens is 522 g/mol. The van der Waals surface area contributed by atoms with Gasteiger partial charge in [0.1, 0.15) is 17.4 Å². The second-order valence-electron chi connectivity index (χ2n) is 10.4. The van der Waals surface area contributed by atoms with Gasteiger partial charge in [-0.25, -0.2) is 4.79 Å². The standard InChI is InChI=1S/C28H35N3O7S/c1-17-9-8-12-19(27(36)37)24(17)38-14-22(32)29-20(13-18-10-6-5-7-11-18)23(33)26(35)31-16-39-15-21(31)25(34)30-28(2,3)4/h5-12,20-21,23,33H,13-16H2,1-4H3,(H,29,32)(H,30,34)(H,36,37)/t20-,21-,23-/m0/s1. The van der Waals surface area contributed by atoms with Gasteiger partial charge in [0.25, 0.3) is 11.8 Å². The van der Waals surface area contributed by atoms with Gasteiger partial charge < -0.3 is 30.5 Å². The Morgan fingerprint density at radius 1 is 1.10 bits per heavy atom. The lowest BCUT2D eigenvalue weighted by Crippen LogP contribution is -2.58. The zero-order chi connectivity index (χ0) is 28.7. The van der Waals surface area contributed by atoms with Crippen LogP contribution in [0.3, 0.4) is 0 Å². The minimum absolute atomic E-state index is 0.0678. The third-order valence-electron chi connectivity index (χ3n) is 6.04. The van der Waals surface area contributed by atoms with E-state index in [4.69, 9.17) is 4.74 Å². The molecule has 11 heteroatoms. The maximum absolute atomic E-state index is 13.4. The van der Waals surface area contributed by atoms with Crippen LogP contribution in [0.2, 0.25) is 0 Å². The molecule has 0 radical (unpaired) electrons. The first-order chi connectivity index (χ1) is 18.4.